The Hall–Kier alpha value is -1.63. The van der Waals surface area contributed by atoms with Crippen LogP contribution in [0.25, 0.3) is 0 Å². The van der Waals surface area contributed by atoms with Gasteiger partial charge in [-0.1, -0.05) is 0 Å². The first-order valence-electron chi connectivity index (χ1n) is 6.15. The van der Waals surface area contributed by atoms with Gasteiger partial charge < -0.3 is 10.1 Å². The van der Waals surface area contributed by atoms with Gasteiger partial charge >= 0.3 is 0 Å². The lowest BCUT2D eigenvalue weighted by molar-refractivity contribution is -0.128. The Bertz CT molecular complexity index is 336. The molecular weight excluding hydrogens is 238 g/mol. The van der Waals surface area contributed by atoms with Gasteiger partial charge in [0.2, 0.25) is 5.91 Å². The maximum Gasteiger partial charge on any atom is 0.251 e. The summed E-state index contributed by atoms with van der Waals surface area (Å²) in [6.07, 6.45) is 2.50. The minimum Gasteiger partial charge on any atom is -0.376 e. The van der Waals surface area contributed by atoms with Crippen molar-refractivity contribution in [1.29, 1.82) is 0 Å². The summed E-state index contributed by atoms with van der Waals surface area (Å²) < 4.78 is 5.37. The highest BCUT2D eigenvalue weighted by Gasteiger charge is 2.32. The molecule has 0 bridgehead atoms. The van der Waals surface area contributed by atoms with E-state index in [-0.39, 0.29) is 36.7 Å². The molecule has 0 radical (unpaired) electrons. The quantitative estimate of drug-likeness (QED) is 0.540. The molecule has 7 heteroatoms. The second kappa shape index (κ2) is 5.81. The number of hydrazine groups is 1. The number of amides is 3. The van der Waals surface area contributed by atoms with Crippen LogP contribution in [0.5, 0.6) is 0 Å². The van der Waals surface area contributed by atoms with Crippen LogP contribution in [0.2, 0.25) is 0 Å². The molecule has 1 atom stereocenters. The molecule has 100 valence electrons. The van der Waals surface area contributed by atoms with Crippen molar-refractivity contribution in [1.82, 2.24) is 16.2 Å². The second-order valence-corrected chi connectivity index (χ2v) is 4.51. The topological polar surface area (TPSA) is 96.5 Å². The zero-order chi connectivity index (χ0) is 13.0. The van der Waals surface area contributed by atoms with Gasteiger partial charge in [0.05, 0.1) is 6.10 Å². The van der Waals surface area contributed by atoms with Crippen molar-refractivity contribution >= 4 is 17.7 Å². The SMILES string of the molecule is O=C(CCC1C(=O)NNC1=O)NCC1CCCO1. The minimum atomic E-state index is -0.751. The van der Waals surface area contributed by atoms with E-state index in [0.29, 0.717) is 6.54 Å². The van der Waals surface area contributed by atoms with Gasteiger partial charge in [-0.25, -0.2) is 0 Å². The molecule has 0 aromatic rings. The van der Waals surface area contributed by atoms with Crippen LogP contribution in [0.3, 0.4) is 0 Å². The van der Waals surface area contributed by atoms with Gasteiger partial charge in [-0.3, -0.25) is 25.2 Å². The van der Waals surface area contributed by atoms with Crippen LogP contribution in [0, 0.1) is 5.92 Å². The van der Waals surface area contributed by atoms with E-state index in [1.54, 1.807) is 0 Å². The van der Waals surface area contributed by atoms with Crippen molar-refractivity contribution in [2.45, 2.75) is 31.8 Å². The highest BCUT2D eigenvalue weighted by molar-refractivity contribution is 6.05. The van der Waals surface area contributed by atoms with E-state index in [4.69, 9.17) is 4.74 Å². The lowest BCUT2D eigenvalue weighted by atomic mass is 10.0. The molecule has 0 aliphatic carbocycles. The van der Waals surface area contributed by atoms with Crippen LogP contribution in [0.4, 0.5) is 0 Å². The van der Waals surface area contributed by atoms with Crippen LogP contribution in [-0.2, 0) is 19.1 Å². The number of carbonyl (C=O) groups is 3. The number of hydrogen-bond acceptors (Lipinski definition) is 4. The van der Waals surface area contributed by atoms with Crippen LogP contribution in [0.1, 0.15) is 25.7 Å². The van der Waals surface area contributed by atoms with Crippen molar-refractivity contribution in [2.75, 3.05) is 13.2 Å². The van der Waals surface area contributed by atoms with Gasteiger partial charge in [0.25, 0.3) is 11.8 Å². The maximum absolute atomic E-state index is 11.5. The Kier molecular flexibility index (Phi) is 4.14. The van der Waals surface area contributed by atoms with Gasteiger partial charge in [-0.05, 0) is 19.3 Å². The first-order chi connectivity index (χ1) is 8.66. The average molecular weight is 255 g/mol. The van der Waals surface area contributed by atoms with Gasteiger partial charge in [0.15, 0.2) is 0 Å². The van der Waals surface area contributed by atoms with Crippen LogP contribution >= 0.6 is 0 Å². The lowest BCUT2D eigenvalue weighted by Gasteiger charge is -2.11. The van der Waals surface area contributed by atoms with Crippen LogP contribution < -0.4 is 16.2 Å². The van der Waals surface area contributed by atoms with E-state index >= 15 is 0 Å². The van der Waals surface area contributed by atoms with Gasteiger partial charge in [0.1, 0.15) is 5.92 Å². The number of rotatable bonds is 5. The molecule has 7 nitrogen and oxygen atoms in total. The predicted molar refractivity (Wildman–Crippen MR) is 61.0 cm³/mol. The lowest BCUT2D eigenvalue weighted by Crippen LogP contribution is -2.32. The van der Waals surface area contributed by atoms with Crippen LogP contribution in [0.15, 0.2) is 0 Å². The average Bonchev–Trinajstić information content (AvgIpc) is 2.96. The van der Waals surface area contributed by atoms with E-state index in [1.807, 2.05) is 0 Å². The molecule has 3 amide bonds. The summed E-state index contributed by atoms with van der Waals surface area (Å²) in [6, 6.07) is 0. The molecule has 2 saturated heterocycles. The summed E-state index contributed by atoms with van der Waals surface area (Å²) in [5, 5.41) is 2.75. The van der Waals surface area contributed by atoms with Crippen LogP contribution in [-0.4, -0.2) is 37.0 Å². The van der Waals surface area contributed by atoms with E-state index in [9.17, 15) is 14.4 Å². The van der Waals surface area contributed by atoms with E-state index in [0.717, 1.165) is 19.4 Å². The van der Waals surface area contributed by atoms with E-state index in [1.165, 1.54) is 0 Å². The molecule has 2 aliphatic rings. The molecular formula is C11H17N3O4. The Morgan fingerprint density at radius 3 is 2.67 bits per heavy atom. The number of carbonyl (C=O) groups excluding carboxylic acids is 3. The van der Waals surface area contributed by atoms with Gasteiger partial charge in [0, 0.05) is 19.6 Å². The molecule has 1 unspecified atom stereocenters. The third-order valence-corrected chi connectivity index (χ3v) is 3.15. The smallest absolute Gasteiger partial charge is 0.251 e. The summed E-state index contributed by atoms with van der Waals surface area (Å²) in [4.78, 5) is 34.0. The summed E-state index contributed by atoms with van der Waals surface area (Å²) in [5.74, 6) is -1.64. The van der Waals surface area contributed by atoms with Gasteiger partial charge in [-0.15, -0.1) is 0 Å². The number of hydrogen-bond donors (Lipinski definition) is 3. The summed E-state index contributed by atoms with van der Waals surface area (Å²) >= 11 is 0. The number of ether oxygens (including phenoxy) is 1. The molecule has 18 heavy (non-hydrogen) atoms. The van der Waals surface area contributed by atoms with Crippen molar-refractivity contribution in [2.24, 2.45) is 5.92 Å². The third-order valence-electron chi connectivity index (χ3n) is 3.15. The monoisotopic (exact) mass is 255 g/mol. The maximum atomic E-state index is 11.5. The fraction of sp³-hybridized carbons (Fsp3) is 0.727. The Labute approximate surface area is 105 Å². The largest absolute Gasteiger partial charge is 0.376 e. The molecule has 0 aromatic heterocycles. The van der Waals surface area contributed by atoms with Crippen molar-refractivity contribution in [3.05, 3.63) is 0 Å². The van der Waals surface area contributed by atoms with Crippen molar-refractivity contribution in [3.8, 4) is 0 Å². The number of nitrogens with one attached hydrogen (secondary N) is 3. The predicted octanol–water partition coefficient (Wildman–Crippen LogP) is -1.16. The normalized spacial score (nSPS) is 23.9. The molecule has 2 aliphatic heterocycles. The van der Waals surface area contributed by atoms with Crippen molar-refractivity contribution in [3.63, 3.8) is 0 Å². The van der Waals surface area contributed by atoms with Gasteiger partial charge in [-0.2, -0.15) is 0 Å². The standard InChI is InChI=1S/C11H17N3O4/c15-9(12-6-7-2-1-5-18-7)4-3-8-10(16)13-14-11(8)17/h7-8H,1-6H2,(H,12,15)(H,13,16)(H,14,17). The Morgan fingerprint density at radius 2 is 2.06 bits per heavy atom. The Morgan fingerprint density at radius 1 is 1.33 bits per heavy atom. The fourth-order valence-electron chi connectivity index (χ4n) is 2.08. The Balaban J connectivity index is 1.65. The summed E-state index contributed by atoms with van der Waals surface area (Å²) in [7, 11) is 0. The molecule has 2 heterocycles. The zero-order valence-electron chi connectivity index (χ0n) is 10.0. The molecule has 2 rings (SSSR count). The first-order valence-corrected chi connectivity index (χ1v) is 6.15. The first kappa shape index (κ1) is 12.8. The van der Waals surface area contributed by atoms with E-state index in [2.05, 4.69) is 16.2 Å². The van der Waals surface area contributed by atoms with Crippen molar-refractivity contribution < 1.29 is 19.1 Å². The summed E-state index contributed by atoms with van der Waals surface area (Å²) in [6.45, 7) is 1.25. The molecule has 2 fully saturated rings. The molecule has 0 aromatic carbocycles. The molecule has 0 saturated carbocycles. The minimum absolute atomic E-state index is 0.104. The molecule has 0 spiro atoms. The second-order valence-electron chi connectivity index (χ2n) is 4.51. The third kappa shape index (κ3) is 3.19. The highest BCUT2D eigenvalue weighted by Crippen LogP contribution is 2.12. The fourth-order valence-corrected chi connectivity index (χ4v) is 2.08. The highest BCUT2D eigenvalue weighted by atomic mass is 16.5. The molecule has 3 N–H and O–H groups in total. The summed E-state index contributed by atoms with van der Waals surface area (Å²) in [5.41, 5.74) is 4.46. The van der Waals surface area contributed by atoms with E-state index < -0.39 is 5.92 Å². The zero-order valence-corrected chi connectivity index (χ0v) is 10.0.